The first-order valence-electron chi connectivity index (χ1n) is 3.72. The van der Waals surface area contributed by atoms with Crippen LogP contribution in [0.5, 0.6) is 0 Å². The number of carbonyl (C=O) groups is 1. The van der Waals surface area contributed by atoms with Crippen LogP contribution in [0.15, 0.2) is 0 Å². The van der Waals surface area contributed by atoms with Gasteiger partial charge in [-0.25, -0.2) is 0 Å². The summed E-state index contributed by atoms with van der Waals surface area (Å²) in [5, 5.41) is 2.24. The highest BCUT2D eigenvalue weighted by atomic mass is 32.1. The highest BCUT2D eigenvalue weighted by molar-refractivity contribution is 7.96. The Hall–Kier alpha value is -0.310. The third-order valence-electron chi connectivity index (χ3n) is 1.30. The molecule has 1 amide bonds. The first kappa shape index (κ1) is 9.69. The zero-order chi connectivity index (χ0) is 7.82. The molecule has 0 aromatic heterocycles. The summed E-state index contributed by atoms with van der Waals surface area (Å²) >= 11 is 4.31. The van der Waals surface area contributed by atoms with Crippen molar-refractivity contribution in [3.05, 3.63) is 0 Å². The molecule has 0 saturated heterocycles. The lowest BCUT2D eigenvalue weighted by Crippen LogP contribution is -2.17. The van der Waals surface area contributed by atoms with Gasteiger partial charge in [0, 0.05) is 6.54 Å². The van der Waals surface area contributed by atoms with Crippen LogP contribution in [0.3, 0.4) is 0 Å². The largest absolute Gasteiger partial charge is 0.343 e. The van der Waals surface area contributed by atoms with Crippen molar-refractivity contribution in [2.75, 3.05) is 6.54 Å². The van der Waals surface area contributed by atoms with Crippen molar-refractivity contribution in [3.63, 3.8) is 0 Å². The summed E-state index contributed by atoms with van der Waals surface area (Å²) in [5.74, 6) is 0. The summed E-state index contributed by atoms with van der Waals surface area (Å²) in [5.41, 5.74) is 0. The quantitative estimate of drug-likeness (QED) is 0.615. The Morgan fingerprint density at radius 3 is 2.60 bits per heavy atom. The fourth-order valence-electron chi connectivity index (χ4n) is 0.742. The molecule has 0 aliphatic heterocycles. The Balaban J connectivity index is 2.84. The van der Waals surface area contributed by atoms with Gasteiger partial charge in [-0.05, 0) is 19.0 Å². The lowest BCUT2D eigenvalue weighted by atomic mass is 10.2. The number of hydrogen-bond donors (Lipinski definition) is 1. The molecule has 0 aromatic carbocycles. The molecular weight excluding hydrogens is 146 g/mol. The van der Waals surface area contributed by atoms with Crippen LogP contribution < -0.4 is 5.32 Å². The second-order valence-electron chi connectivity index (χ2n) is 2.27. The van der Waals surface area contributed by atoms with Crippen LogP contribution in [0, 0.1) is 0 Å². The van der Waals surface area contributed by atoms with Gasteiger partial charge in [-0.2, -0.15) is 0 Å². The van der Waals surface area contributed by atoms with E-state index in [2.05, 4.69) is 24.9 Å². The first-order valence-corrected chi connectivity index (χ1v) is 4.13. The topological polar surface area (TPSA) is 29.1 Å². The van der Waals surface area contributed by atoms with Gasteiger partial charge in [0.05, 0.1) is 0 Å². The molecule has 0 fully saturated rings. The molecule has 59 valence electrons. The van der Waals surface area contributed by atoms with Crippen molar-refractivity contribution in [1.82, 2.24) is 5.32 Å². The number of hydrogen-bond acceptors (Lipinski definition) is 1. The lowest BCUT2D eigenvalue weighted by molar-refractivity contribution is 0.261. The molecule has 0 aliphatic carbocycles. The minimum Gasteiger partial charge on any atom is -0.343 e. The van der Waals surface area contributed by atoms with E-state index in [0.29, 0.717) is 0 Å². The summed E-state index contributed by atoms with van der Waals surface area (Å²) in [4.78, 5) is 10.2. The van der Waals surface area contributed by atoms with E-state index in [4.69, 9.17) is 0 Å². The van der Waals surface area contributed by atoms with Gasteiger partial charge in [-0.1, -0.05) is 26.2 Å². The van der Waals surface area contributed by atoms with E-state index in [1.165, 1.54) is 19.3 Å². The van der Waals surface area contributed by atoms with Crippen LogP contribution in [0.2, 0.25) is 0 Å². The van der Waals surface area contributed by atoms with E-state index in [9.17, 15) is 4.79 Å². The second-order valence-corrected chi connectivity index (χ2v) is 2.65. The van der Waals surface area contributed by atoms with Gasteiger partial charge >= 0.3 is 5.24 Å². The standard InChI is InChI=1S/C7H14NOS/c1-2-3-4-5-6-8-7(9)10/h2-6H2,1H3,(H,8,9). The van der Waals surface area contributed by atoms with Crippen molar-refractivity contribution in [3.8, 4) is 0 Å². The van der Waals surface area contributed by atoms with Gasteiger partial charge in [-0.15, -0.1) is 0 Å². The number of nitrogens with one attached hydrogen (secondary N) is 1. The van der Waals surface area contributed by atoms with Crippen LogP contribution in [-0.2, 0) is 0 Å². The maximum absolute atomic E-state index is 10.2. The molecular formula is C7H14NOS. The number of rotatable bonds is 5. The predicted octanol–water partition coefficient (Wildman–Crippen LogP) is 2.47. The van der Waals surface area contributed by atoms with Gasteiger partial charge in [0.2, 0.25) is 0 Å². The monoisotopic (exact) mass is 160 g/mol. The van der Waals surface area contributed by atoms with Crippen molar-refractivity contribution >= 4 is 17.9 Å². The summed E-state index contributed by atoms with van der Waals surface area (Å²) in [6.45, 7) is 2.90. The molecule has 0 saturated carbocycles. The summed E-state index contributed by atoms with van der Waals surface area (Å²) in [7, 11) is 0. The summed E-state index contributed by atoms with van der Waals surface area (Å²) in [6.07, 6.45) is 4.71. The Kier molecular flexibility index (Phi) is 6.59. The van der Waals surface area contributed by atoms with Gasteiger partial charge in [-0.3, -0.25) is 4.79 Å². The Morgan fingerprint density at radius 2 is 2.10 bits per heavy atom. The first-order chi connectivity index (χ1) is 4.77. The molecule has 0 atom stereocenters. The van der Waals surface area contributed by atoms with E-state index >= 15 is 0 Å². The van der Waals surface area contributed by atoms with E-state index in [1.54, 1.807) is 0 Å². The molecule has 1 radical (unpaired) electrons. The molecule has 0 bridgehead atoms. The SMILES string of the molecule is CCCCCCNC(=O)[S]. The fourth-order valence-corrected chi connectivity index (χ4v) is 0.844. The van der Waals surface area contributed by atoms with Crippen molar-refractivity contribution in [2.24, 2.45) is 0 Å². The van der Waals surface area contributed by atoms with Crippen molar-refractivity contribution < 1.29 is 4.79 Å². The fraction of sp³-hybridized carbons (Fsp3) is 0.857. The number of amides is 1. The number of unbranched alkanes of at least 4 members (excludes halogenated alkanes) is 3. The highest BCUT2D eigenvalue weighted by Crippen LogP contribution is 1.96. The molecule has 0 heterocycles. The average molecular weight is 160 g/mol. The van der Waals surface area contributed by atoms with E-state index in [0.717, 1.165) is 13.0 Å². The minimum atomic E-state index is -0.337. The normalized spacial score (nSPS) is 9.30. The van der Waals surface area contributed by atoms with Gasteiger partial charge in [0.1, 0.15) is 0 Å². The van der Waals surface area contributed by atoms with E-state index in [1.807, 2.05) is 0 Å². The smallest absolute Gasteiger partial charge is 0.310 e. The Bertz CT molecular complexity index is 95.6. The summed E-state index contributed by atoms with van der Waals surface area (Å²) in [6, 6.07) is 0. The Morgan fingerprint density at radius 1 is 1.40 bits per heavy atom. The van der Waals surface area contributed by atoms with Crippen molar-refractivity contribution in [1.29, 1.82) is 0 Å². The Labute approximate surface area is 67.8 Å². The van der Waals surface area contributed by atoms with Crippen LogP contribution >= 0.6 is 12.6 Å². The minimum absolute atomic E-state index is 0.337. The molecule has 2 nitrogen and oxygen atoms in total. The summed E-state index contributed by atoms with van der Waals surface area (Å²) < 4.78 is 0. The third kappa shape index (κ3) is 7.69. The zero-order valence-corrected chi connectivity index (χ0v) is 7.17. The maximum atomic E-state index is 10.2. The molecule has 3 heteroatoms. The van der Waals surface area contributed by atoms with Gasteiger partial charge in [0.15, 0.2) is 0 Å². The average Bonchev–Trinajstić information content (AvgIpc) is 1.87. The van der Waals surface area contributed by atoms with Crippen LogP contribution in [0.1, 0.15) is 32.6 Å². The predicted molar refractivity (Wildman–Crippen MR) is 45.1 cm³/mol. The third-order valence-corrected chi connectivity index (χ3v) is 1.44. The highest BCUT2D eigenvalue weighted by Gasteiger charge is 1.91. The van der Waals surface area contributed by atoms with Crippen molar-refractivity contribution in [2.45, 2.75) is 32.6 Å². The van der Waals surface area contributed by atoms with Crippen LogP contribution in [0.25, 0.3) is 0 Å². The molecule has 10 heavy (non-hydrogen) atoms. The number of carbonyl (C=O) groups excluding carboxylic acids is 1. The van der Waals surface area contributed by atoms with Gasteiger partial charge in [0.25, 0.3) is 0 Å². The van der Waals surface area contributed by atoms with Crippen LogP contribution in [-0.4, -0.2) is 11.8 Å². The maximum Gasteiger partial charge on any atom is 0.310 e. The lowest BCUT2D eigenvalue weighted by Gasteiger charge is -1.98. The zero-order valence-electron chi connectivity index (χ0n) is 6.35. The van der Waals surface area contributed by atoms with Crippen LogP contribution in [0.4, 0.5) is 4.79 Å². The molecule has 1 N–H and O–H groups in total. The molecule has 0 aromatic rings. The van der Waals surface area contributed by atoms with Gasteiger partial charge < -0.3 is 5.32 Å². The molecule has 0 unspecified atom stereocenters. The molecule has 0 aliphatic rings. The second kappa shape index (κ2) is 6.81. The molecule has 0 rings (SSSR count). The van der Waals surface area contributed by atoms with E-state index in [-0.39, 0.29) is 5.24 Å². The molecule has 0 spiro atoms. The van der Waals surface area contributed by atoms with E-state index < -0.39 is 0 Å².